The zero-order chi connectivity index (χ0) is 19.9. The highest BCUT2D eigenvalue weighted by Gasteiger charge is 2.20. The van der Waals surface area contributed by atoms with Gasteiger partial charge in [-0.05, 0) is 49.7 Å². The van der Waals surface area contributed by atoms with Crippen molar-refractivity contribution in [1.29, 1.82) is 0 Å². The number of carbonyl (C=O) groups is 1. The number of unbranched alkanes of at least 4 members (excludes halogenated alkanes) is 1. The van der Waals surface area contributed by atoms with Gasteiger partial charge in [0.25, 0.3) is 5.91 Å². The fraction of sp³-hybridized carbons (Fsp3) is 0.421. The number of anilines is 1. The van der Waals surface area contributed by atoms with Gasteiger partial charge < -0.3 is 15.1 Å². The zero-order valence-corrected chi connectivity index (χ0v) is 16.8. The first-order valence-corrected chi connectivity index (χ1v) is 10.5. The molecular formula is C19H28N3O4S+. The summed E-state index contributed by atoms with van der Waals surface area (Å²) >= 11 is 0. The van der Waals surface area contributed by atoms with E-state index in [4.69, 9.17) is 4.42 Å². The topological polar surface area (TPSA) is 96.2 Å². The van der Waals surface area contributed by atoms with Crippen LogP contribution in [-0.2, 0) is 14.8 Å². The van der Waals surface area contributed by atoms with Crippen molar-refractivity contribution in [1.82, 2.24) is 4.31 Å². The molecule has 1 aromatic heterocycles. The number of rotatable bonds is 10. The largest absolute Gasteiger partial charge is 0.463 e. The number of furan rings is 1. The predicted molar refractivity (Wildman–Crippen MR) is 104 cm³/mol. The van der Waals surface area contributed by atoms with E-state index in [9.17, 15) is 13.2 Å². The average Bonchev–Trinajstić information content (AvgIpc) is 3.19. The second kappa shape index (κ2) is 9.68. The van der Waals surface area contributed by atoms with Crippen LogP contribution in [0.4, 0.5) is 5.69 Å². The molecule has 7 nitrogen and oxygen atoms in total. The van der Waals surface area contributed by atoms with Crippen LogP contribution in [0, 0.1) is 0 Å². The highest BCUT2D eigenvalue weighted by Crippen LogP contribution is 2.18. The van der Waals surface area contributed by atoms with E-state index in [1.165, 1.54) is 16.4 Å². The third-order valence-corrected chi connectivity index (χ3v) is 6.19. The van der Waals surface area contributed by atoms with Gasteiger partial charge in [0.15, 0.2) is 12.3 Å². The molecule has 3 N–H and O–H groups in total. The Labute approximate surface area is 160 Å². The van der Waals surface area contributed by atoms with Crippen molar-refractivity contribution in [2.45, 2.75) is 37.6 Å². The van der Waals surface area contributed by atoms with E-state index in [0.29, 0.717) is 12.2 Å². The number of amides is 1. The van der Waals surface area contributed by atoms with Gasteiger partial charge in [0.05, 0.1) is 11.2 Å². The van der Waals surface area contributed by atoms with Gasteiger partial charge in [0.2, 0.25) is 10.0 Å². The van der Waals surface area contributed by atoms with Crippen LogP contribution in [0.25, 0.3) is 0 Å². The monoisotopic (exact) mass is 394 g/mol. The zero-order valence-electron chi connectivity index (χ0n) is 16.0. The number of quaternary nitrogens is 1. The molecule has 1 amide bonds. The van der Waals surface area contributed by atoms with E-state index in [-0.39, 0.29) is 23.4 Å². The summed E-state index contributed by atoms with van der Waals surface area (Å²) in [5.41, 5.74) is 0.564. The molecule has 27 heavy (non-hydrogen) atoms. The Morgan fingerprint density at radius 2 is 1.96 bits per heavy atom. The SMILES string of the molecule is CCCCN(C)S(=O)(=O)c1ccc(NC(=O)C[NH2+][C@H](C)c2ccco2)cc1. The van der Waals surface area contributed by atoms with E-state index in [0.717, 1.165) is 18.6 Å². The van der Waals surface area contributed by atoms with Crippen molar-refractivity contribution in [2.75, 3.05) is 25.5 Å². The third-order valence-electron chi connectivity index (χ3n) is 4.32. The summed E-state index contributed by atoms with van der Waals surface area (Å²) in [7, 11) is -1.92. The van der Waals surface area contributed by atoms with Crippen molar-refractivity contribution in [3.8, 4) is 0 Å². The van der Waals surface area contributed by atoms with E-state index in [1.807, 2.05) is 31.3 Å². The van der Waals surface area contributed by atoms with Crippen molar-refractivity contribution in [2.24, 2.45) is 0 Å². The molecule has 0 spiro atoms. The van der Waals surface area contributed by atoms with Crippen molar-refractivity contribution in [3.05, 3.63) is 48.4 Å². The van der Waals surface area contributed by atoms with Gasteiger partial charge in [-0.1, -0.05) is 13.3 Å². The molecule has 0 radical (unpaired) electrons. The molecule has 148 valence electrons. The van der Waals surface area contributed by atoms with Gasteiger partial charge in [0, 0.05) is 19.3 Å². The fourth-order valence-electron chi connectivity index (χ4n) is 2.55. The Balaban J connectivity index is 1.90. The summed E-state index contributed by atoms with van der Waals surface area (Å²) in [6.07, 6.45) is 3.35. The maximum atomic E-state index is 12.5. The van der Waals surface area contributed by atoms with Crippen LogP contribution in [0.2, 0.25) is 0 Å². The molecule has 1 heterocycles. The van der Waals surface area contributed by atoms with E-state index >= 15 is 0 Å². The fourth-order valence-corrected chi connectivity index (χ4v) is 3.76. The Bertz CT molecular complexity index is 817. The molecular weight excluding hydrogens is 366 g/mol. The molecule has 0 unspecified atom stereocenters. The minimum absolute atomic E-state index is 0.0388. The number of hydrogen-bond acceptors (Lipinski definition) is 4. The maximum Gasteiger partial charge on any atom is 0.279 e. The molecule has 0 aliphatic heterocycles. The van der Waals surface area contributed by atoms with Gasteiger partial charge in [-0.15, -0.1) is 0 Å². The number of hydrogen-bond donors (Lipinski definition) is 2. The first-order chi connectivity index (χ1) is 12.8. The lowest BCUT2D eigenvalue weighted by Gasteiger charge is -2.17. The minimum Gasteiger partial charge on any atom is -0.463 e. The minimum atomic E-state index is -3.50. The molecule has 1 atom stereocenters. The van der Waals surface area contributed by atoms with E-state index in [2.05, 4.69) is 5.32 Å². The molecule has 0 aliphatic carbocycles. The second-order valence-corrected chi connectivity index (χ2v) is 8.54. The van der Waals surface area contributed by atoms with Crippen molar-refractivity contribution in [3.63, 3.8) is 0 Å². The van der Waals surface area contributed by atoms with Gasteiger partial charge in [0.1, 0.15) is 6.04 Å². The highest BCUT2D eigenvalue weighted by molar-refractivity contribution is 7.89. The highest BCUT2D eigenvalue weighted by atomic mass is 32.2. The van der Waals surface area contributed by atoms with Gasteiger partial charge >= 0.3 is 0 Å². The molecule has 0 saturated heterocycles. The maximum absolute atomic E-state index is 12.5. The summed E-state index contributed by atoms with van der Waals surface area (Å²) in [4.78, 5) is 12.3. The van der Waals surface area contributed by atoms with Crippen LogP contribution >= 0.6 is 0 Å². The van der Waals surface area contributed by atoms with Crippen LogP contribution in [0.3, 0.4) is 0 Å². The second-order valence-electron chi connectivity index (χ2n) is 6.50. The molecule has 2 aromatic rings. The third kappa shape index (κ3) is 5.92. The molecule has 0 bridgehead atoms. The molecule has 8 heteroatoms. The Hall–Kier alpha value is -2.16. The van der Waals surface area contributed by atoms with Gasteiger partial charge in [-0.25, -0.2) is 12.7 Å². The quantitative estimate of drug-likeness (QED) is 0.644. The van der Waals surface area contributed by atoms with Crippen molar-refractivity contribution < 1.29 is 22.9 Å². The van der Waals surface area contributed by atoms with Crippen LogP contribution in [0.15, 0.2) is 52.0 Å². The molecule has 2 rings (SSSR count). The summed E-state index contributed by atoms with van der Waals surface area (Å²) in [5, 5.41) is 4.65. The van der Waals surface area contributed by atoms with Gasteiger partial charge in [-0.2, -0.15) is 0 Å². The lowest BCUT2D eigenvalue weighted by molar-refractivity contribution is -0.684. The first-order valence-electron chi connectivity index (χ1n) is 9.07. The summed E-state index contributed by atoms with van der Waals surface area (Å²) in [6, 6.07) is 9.97. The smallest absolute Gasteiger partial charge is 0.279 e. The molecule has 0 fully saturated rings. The summed E-state index contributed by atoms with van der Waals surface area (Å²) in [6.45, 7) is 4.70. The molecule has 1 aromatic carbocycles. The molecule has 0 aliphatic rings. The number of benzene rings is 1. The Morgan fingerprint density at radius 3 is 2.56 bits per heavy atom. The lowest BCUT2D eigenvalue weighted by Crippen LogP contribution is -2.86. The first kappa shape index (κ1) is 21.1. The van der Waals surface area contributed by atoms with Crippen molar-refractivity contribution >= 4 is 21.6 Å². The number of nitrogens with two attached hydrogens (primary N) is 1. The Morgan fingerprint density at radius 1 is 1.26 bits per heavy atom. The van der Waals surface area contributed by atoms with Crippen LogP contribution in [0.5, 0.6) is 0 Å². The standard InChI is InChI=1S/C19H27N3O4S/c1-4-5-12-22(3)27(24,25)17-10-8-16(9-11-17)21-19(23)14-20-15(2)18-7-6-13-26-18/h6-11,13,15,20H,4-5,12,14H2,1-3H3,(H,21,23)/p+1/t15-/m1/s1. The molecule has 0 saturated carbocycles. The number of sulfonamides is 1. The number of nitrogens with one attached hydrogen (secondary N) is 1. The van der Waals surface area contributed by atoms with E-state index < -0.39 is 10.0 Å². The normalized spacial score (nSPS) is 12.9. The average molecular weight is 395 g/mol. The Kier molecular flexibility index (Phi) is 7.58. The summed E-state index contributed by atoms with van der Waals surface area (Å²) in [5.74, 6) is 0.647. The van der Waals surface area contributed by atoms with Crippen LogP contribution < -0.4 is 10.6 Å². The number of carbonyl (C=O) groups excluding carboxylic acids is 1. The van der Waals surface area contributed by atoms with Crippen LogP contribution in [0.1, 0.15) is 38.5 Å². The predicted octanol–water partition coefficient (Wildman–Crippen LogP) is 1.96. The van der Waals surface area contributed by atoms with Gasteiger partial charge in [-0.3, -0.25) is 4.79 Å². The van der Waals surface area contributed by atoms with E-state index in [1.54, 1.807) is 25.4 Å². The lowest BCUT2D eigenvalue weighted by atomic mass is 10.2. The number of nitrogens with zero attached hydrogens (tertiary/aromatic N) is 1. The van der Waals surface area contributed by atoms with Crippen LogP contribution in [-0.4, -0.2) is 38.8 Å². The summed E-state index contributed by atoms with van der Waals surface area (Å²) < 4.78 is 31.6.